The largest absolute Gasteiger partial charge is 0.484 e. The quantitative estimate of drug-likeness (QED) is 0.589. The van der Waals surface area contributed by atoms with Gasteiger partial charge in [0, 0.05) is 19.2 Å². The molecule has 0 unspecified atom stereocenters. The van der Waals surface area contributed by atoms with Gasteiger partial charge in [0.15, 0.2) is 6.61 Å². The van der Waals surface area contributed by atoms with Gasteiger partial charge in [-0.05, 0) is 30.7 Å². The predicted octanol–water partition coefficient (Wildman–Crippen LogP) is 2.29. The SMILES string of the molecule is O=C(COc1ccc(Cl)c(F)c1)NCC[C@H](O)CNC(=O)c1ccccc1F. The van der Waals surface area contributed by atoms with Crippen LogP contribution in [0.4, 0.5) is 8.78 Å². The van der Waals surface area contributed by atoms with E-state index in [9.17, 15) is 23.5 Å². The van der Waals surface area contributed by atoms with E-state index in [1.54, 1.807) is 0 Å². The molecule has 28 heavy (non-hydrogen) atoms. The Kier molecular flexibility index (Phi) is 8.16. The number of carbonyl (C=O) groups excluding carboxylic acids is 2. The van der Waals surface area contributed by atoms with Crippen LogP contribution < -0.4 is 15.4 Å². The van der Waals surface area contributed by atoms with Crippen LogP contribution in [0.15, 0.2) is 42.5 Å². The van der Waals surface area contributed by atoms with Gasteiger partial charge < -0.3 is 20.5 Å². The molecule has 9 heteroatoms. The third-order valence-electron chi connectivity index (χ3n) is 3.68. The molecule has 0 aliphatic heterocycles. The lowest BCUT2D eigenvalue weighted by molar-refractivity contribution is -0.123. The molecule has 6 nitrogen and oxygen atoms in total. The Morgan fingerprint density at radius 2 is 1.86 bits per heavy atom. The standard InChI is InChI=1S/C19H19ClF2N2O4/c20-15-6-5-13(9-17(15)22)28-11-18(26)23-8-7-12(25)10-24-19(27)14-3-1-2-4-16(14)21/h1-6,9,12,25H,7-8,10-11H2,(H,23,26)(H,24,27)/t12-/m0/s1. The first-order valence-electron chi connectivity index (χ1n) is 8.42. The Morgan fingerprint density at radius 1 is 1.11 bits per heavy atom. The molecule has 3 N–H and O–H groups in total. The van der Waals surface area contributed by atoms with Crippen molar-refractivity contribution >= 4 is 23.4 Å². The number of halogens is 3. The molecule has 0 saturated heterocycles. The molecule has 2 aromatic carbocycles. The van der Waals surface area contributed by atoms with Gasteiger partial charge in [-0.15, -0.1) is 0 Å². The fourth-order valence-corrected chi connectivity index (χ4v) is 2.32. The molecule has 0 heterocycles. The minimum atomic E-state index is -0.928. The minimum absolute atomic E-state index is 0.0483. The van der Waals surface area contributed by atoms with Crippen molar-refractivity contribution in [3.63, 3.8) is 0 Å². The van der Waals surface area contributed by atoms with Crippen LogP contribution in [0.1, 0.15) is 16.8 Å². The van der Waals surface area contributed by atoms with Gasteiger partial charge in [-0.3, -0.25) is 9.59 Å². The van der Waals surface area contributed by atoms with E-state index < -0.39 is 29.6 Å². The topological polar surface area (TPSA) is 87.7 Å². The van der Waals surface area contributed by atoms with Crippen molar-refractivity contribution in [1.82, 2.24) is 10.6 Å². The summed E-state index contributed by atoms with van der Waals surface area (Å²) in [4.78, 5) is 23.5. The zero-order chi connectivity index (χ0) is 20.5. The zero-order valence-corrected chi connectivity index (χ0v) is 15.5. The third-order valence-corrected chi connectivity index (χ3v) is 3.98. The molecule has 0 spiro atoms. The van der Waals surface area contributed by atoms with Crippen molar-refractivity contribution in [2.75, 3.05) is 19.7 Å². The van der Waals surface area contributed by atoms with E-state index in [4.69, 9.17) is 16.3 Å². The van der Waals surface area contributed by atoms with Crippen LogP contribution in [0.3, 0.4) is 0 Å². The van der Waals surface area contributed by atoms with Gasteiger partial charge in [-0.25, -0.2) is 8.78 Å². The zero-order valence-electron chi connectivity index (χ0n) is 14.8. The number of ether oxygens (including phenoxy) is 1. The maximum Gasteiger partial charge on any atom is 0.257 e. The Bertz CT molecular complexity index is 835. The number of benzene rings is 2. The van der Waals surface area contributed by atoms with Gasteiger partial charge in [0.05, 0.1) is 16.7 Å². The Labute approximate surface area is 165 Å². The normalized spacial score (nSPS) is 11.6. The Hall–Kier alpha value is -2.71. The summed E-state index contributed by atoms with van der Waals surface area (Å²) < 4.78 is 31.9. The van der Waals surface area contributed by atoms with Gasteiger partial charge >= 0.3 is 0 Å². The van der Waals surface area contributed by atoms with Crippen LogP contribution in [0.25, 0.3) is 0 Å². The summed E-state index contributed by atoms with van der Waals surface area (Å²) in [6.45, 7) is -0.293. The number of aliphatic hydroxyl groups excluding tert-OH is 1. The first-order valence-corrected chi connectivity index (χ1v) is 8.80. The van der Waals surface area contributed by atoms with Gasteiger partial charge in [-0.1, -0.05) is 23.7 Å². The molecule has 2 rings (SSSR count). The lowest BCUT2D eigenvalue weighted by atomic mass is 10.2. The van der Waals surface area contributed by atoms with E-state index in [1.165, 1.54) is 36.4 Å². The van der Waals surface area contributed by atoms with Crippen molar-refractivity contribution in [3.8, 4) is 5.75 Å². The summed E-state index contributed by atoms with van der Waals surface area (Å²) in [5.74, 6) is -2.24. The summed E-state index contributed by atoms with van der Waals surface area (Å²) in [5, 5.41) is 14.7. The number of hydrogen-bond acceptors (Lipinski definition) is 4. The van der Waals surface area contributed by atoms with Gasteiger partial charge in [0.25, 0.3) is 11.8 Å². The second kappa shape index (κ2) is 10.6. The van der Waals surface area contributed by atoms with Crippen molar-refractivity contribution in [3.05, 3.63) is 64.7 Å². The number of aliphatic hydroxyl groups is 1. The Balaban J connectivity index is 1.64. The fraction of sp³-hybridized carbons (Fsp3) is 0.263. The monoisotopic (exact) mass is 412 g/mol. The van der Waals surface area contributed by atoms with E-state index in [2.05, 4.69) is 10.6 Å². The van der Waals surface area contributed by atoms with Crippen LogP contribution >= 0.6 is 11.6 Å². The highest BCUT2D eigenvalue weighted by Gasteiger charge is 2.13. The maximum absolute atomic E-state index is 13.5. The van der Waals surface area contributed by atoms with E-state index in [1.807, 2.05) is 0 Å². The smallest absolute Gasteiger partial charge is 0.257 e. The Morgan fingerprint density at radius 3 is 2.57 bits per heavy atom. The molecule has 0 saturated carbocycles. The van der Waals surface area contributed by atoms with Crippen molar-refractivity contribution < 1.29 is 28.2 Å². The van der Waals surface area contributed by atoms with Crippen molar-refractivity contribution in [2.24, 2.45) is 0 Å². The van der Waals surface area contributed by atoms with Gasteiger partial charge in [0.2, 0.25) is 0 Å². The number of carbonyl (C=O) groups is 2. The highest BCUT2D eigenvalue weighted by molar-refractivity contribution is 6.30. The third kappa shape index (κ3) is 6.79. The van der Waals surface area contributed by atoms with E-state index in [0.717, 1.165) is 6.07 Å². The van der Waals surface area contributed by atoms with Crippen LogP contribution in [0, 0.1) is 11.6 Å². The molecule has 0 radical (unpaired) electrons. The highest BCUT2D eigenvalue weighted by atomic mass is 35.5. The minimum Gasteiger partial charge on any atom is -0.484 e. The molecular weight excluding hydrogens is 394 g/mol. The summed E-state index contributed by atoms with van der Waals surface area (Å²) in [5.41, 5.74) is -0.112. The number of amides is 2. The van der Waals surface area contributed by atoms with Crippen molar-refractivity contribution in [2.45, 2.75) is 12.5 Å². The molecule has 0 aliphatic rings. The molecule has 2 amide bonds. The van der Waals surface area contributed by atoms with Crippen molar-refractivity contribution in [1.29, 1.82) is 0 Å². The molecule has 0 aromatic heterocycles. The van der Waals surface area contributed by atoms with E-state index >= 15 is 0 Å². The van der Waals surface area contributed by atoms with Crippen LogP contribution in [-0.4, -0.2) is 42.7 Å². The maximum atomic E-state index is 13.5. The summed E-state index contributed by atoms with van der Waals surface area (Å²) >= 11 is 5.55. The lowest BCUT2D eigenvalue weighted by Crippen LogP contribution is -2.36. The molecule has 2 aromatic rings. The fourth-order valence-electron chi connectivity index (χ4n) is 2.20. The highest BCUT2D eigenvalue weighted by Crippen LogP contribution is 2.20. The lowest BCUT2D eigenvalue weighted by Gasteiger charge is -2.13. The molecule has 0 aliphatic carbocycles. The molecule has 0 bridgehead atoms. The summed E-state index contributed by atoms with van der Waals surface area (Å²) in [6, 6.07) is 9.32. The van der Waals surface area contributed by atoms with Gasteiger partial charge in [-0.2, -0.15) is 0 Å². The number of rotatable bonds is 9. The average molecular weight is 413 g/mol. The average Bonchev–Trinajstić information content (AvgIpc) is 2.67. The number of nitrogens with one attached hydrogen (secondary N) is 2. The first-order chi connectivity index (χ1) is 13.4. The van der Waals surface area contributed by atoms with Crippen LogP contribution in [0.2, 0.25) is 5.02 Å². The molecule has 1 atom stereocenters. The summed E-state index contributed by atoms with van der Waals surface area (Å²) in [7, 11) is 0. The first kappa shape index (κ1) is 21.6. The molecule has 0 fully saturated rings. The molecule has 150 valence electrons. The van der Waals surface area contributed by atoms with Crippen LogP contribution in [-0.2, 0) is 4.79 Å². The van der Waals surface area contributed by atoms with Gasteiger partial charge in [0.1, 0.15) is 17.4 Å². The second-order valence-corrected chi connectivity index (χ2v) is 6.25. The van der Waals surface area contributed by atoms with E-state index in [-0.39, 0.29) is 42.5 Å². The van der Waals surface area contributed by atoms with E-state index in [0.29, 0.717) is 0 Å². The second-order valence-electron chi connectivity index (χ2n) is 5.85. The summed E-state index contributed by atoms with van der Waals surface area (Å²) in [6.07, 6.45) is -0.763. The molecular formula is C19H19ClF2N2O4. The number of hydrogen-bond donors (Lipinski definition) is 3. The van der Waals surface area contributed by atoms with Crippen LogP contribution in [0.5, 0.6) is 5.75 Å². The predicted molar refractivity (Wildman–Crippen MR) is 99.3 cm³/mol.